The fourth-order valence-electron chi connectivity index (χ4n) is 2.25. The zero-order valence-electron chi connectivity index (χ0n) is 13.4. The van der Waals surface area contributed by atoms with Gasteiger partial charge in [0.05, 0.1) is 13.0 Å². The van der Waals surface area contributed by atoms with Crippen LogP contribution in [0.4, 0.5) is 13.2 Å². The van der Waals surface area contributed by atoms with Crippen molar-refractivity contribution in [3.63, 3.8) is 0 Å². The average molecular weight is 436 g/mol. The maximum Gasteiger partial charge on any atom is 0.390 e. The van der Waals surface area contributed by atoms with Crippen molar-refractivity contribution in [3.8, 4) is 0 Å². The molecule has 4 nitrogen and oxygen atoms in total. The Kier molecular flexibility index (Phi) is 11.2. The molecule has 0 aliphatic carbocycles. The van der Waals surface area contributed by atoms with E-state index in [1.165, 1.54) is 12.8 Å². The lowest BCUT2D eigenvalue weighted by atomic mass is 9.99. The van der Waals surface area contributed by atoms with E-state index in [-0.39, 0.29) is 30.5 Å². The number of alkyl halides is 3. The Bertz CT molecular complexity index is 316. The summed E-state index contributed by atoms with van der Waals surface area (Å²) >= 11 is 0. The van der Waals surface area contributed by atoms with Crippen LogP contribution in [0.3, 0.4) is 0 Å². The molecule has 1 saturated heterocycles. The van der Waals surface area contributed by atoms with Crippen molar-refractivity contribution >= 4 is 29.9 Å². The molecule has 0 amide bonds. The molecule has 0 spiro atoms. The maximum absolute atomic E-state index is 12.1. The zero-order chi connectivity index (χ0) is 15.7. The molecule has 0 saturated carbocycles. The SMILES string of the molecule is CCNC(=NCCC(F)(F)F)NCCN1CCC(C)CC1.I. The van der Waals surface area contributed by atoms with Crippen LogP contribution in [0.25, 0.3) is 0 Å². The van der Waals surface area contributed by atoms with Crippen LogP contribution >= 0.6 is 24.0 Å². The van der Waals surface area contributed by atoms with Crippen molar-refractivity contribution in [2.75, 3.05) is 39.3 Å². The van der Waals surface area contributed by atoms with Crippen LogP contribution < -0.4 is 10.6 Å². The zero-order valence-corrected chi connectivity index (χ0v) is 15.7. The van der Waals surface area contributed by atoms with Gasteiger partial charge in [0.2, 0.25) is 0 Å². The minimum atomic E-state index is -4.15. The number of piperidine rings is 1. The summed E-state index contributed by atoms with van der Waals surface area (Å²) in [5.41, 5.74) is 0. The van der Waals surface area contributed by atoms with E-state index in [1.54, 1.807) is 0 Å². The topological polar surface area (TPSA) is 39.7 Å². The normalized spacial score (nSPS) is 18.0. The average Bonchev–Trinajstić information content (AvgIpc) is 2.39. The number of rotatable bonds is 6. The molecule has 1 aliphatic heterocycles. The predicted molar refractivity (Wildman–Crippen MR) is 94.9 cm³/mol. The van der Waals surface area contributed by atoms with Gasteiger partial charge in [0.25, 0.3) is 0 Å². The van der Waals surface area contributed by atoms with Gasteiger partial charge in [-0.2, -0.15) is 13.2 Å². The third-order valence-electron chi connectivity index (χ3n) is 3.61. The Morgan fingerprint density at radius 1 is 1.23 bits per heavy atom. The van der Waals surface area contributed by atoms with Gasteiger partial charge in [-0.25, -0.2) is 0 Å². The van der Waals surface area contributed by atoms with Gasteiger partial charge in [-0.3, -0.25) is 4.99 Å². The number of aliphatic imine (C=N–C) groups is 1. The molecule has 0 aromatic carbocycles. The molecule has 0 radical (unpaired) electrons. The molecule has 0 aromatic rings. The number of nitrogens with one attached hydrogen (secondary N) is 2. The van der Waals surface area contributed by atoms with Gasteiger partial charge in [-0.15, -0.1) is 24.0 Å². The Morgan fingerprint density at radius 3 is 2.41 bits per heavy atom. The molecule has 1 rings (SSSR count). The summed E-state index contributed by atoms with van der Waals surface area (Å²) in [5.74, 6) is 1.27. The molecule has 0 aromatic heterocycles. The molecular formula is C14H28F3IN4. The van der Waals surface area contributed by atoms with Crippen molar-refractivity contribution in [1.82, 2.24) is 15.5 Å². The molecular weight excluding hydrogens is 408 g/mol. The van der Waals surface area contributed by atoms with E-state index in [1.807, 2.05) is 6.92 Å². The van der Waals surface area contributed by atoms with Gasteiger partial charge in [0.1, 0.15) is 0 Å². The van der Waals surface area contributed by atoms with Gasteiger partial charge < -0.3 is 15.5 Å². The van der Waals surface area contributed by atoms with Gasteiger partial charge >= 0.3 is 6.18 Å². The molecule has 1 aliphatic rings. The first-order chi connectivity index (χ1) is 9.90. The molecule has 1 heterocycles. The van der Waals surface area contributed by atoms with Crippen molar-refractivity contribution < 1.29 is 13.2 Å². The molecule has 1 fully saturated rings. The summed E-state index contributed by atoms with van der Waals surface area (Å²) in [5, 5.41) is 6.06. The van der Waals surface area contributed by atoms with Crippen LogP contribution in [0.15, 0.2) is 4.99 Å². The van der Waals surface area contributed by atoms with Crippen molar-refractivity contribution in [1.29, 1.82) is 0 Å². The van der Waals surface area contributed by atoms with Crippen LogP contribution in [0.1, 0.15) is 33.1 Å². The predicted octanol–water partition coefficient (Wildman–Crippen LogP) is 2.84. The lowest BCUT2D eigenvalue weighted by Crippen LogP contribution is -2.43. The molecule has 0 atom stereocenters. The fourth-order valence-corrected chi connectivity index (χ4v) is 2.25. The van der Waals surface area contributed by atoms with Crippen molar-refractivity contribution in [2.45, 2.75) is 39.3 Å². The molecule has 0 bridgehead atoms. The number of hydrogen-bond acceptors (Lipinski definition) is 2. The van der Waals surface area contributed by atoms with Crippen LogP contribution in [0.5, 0.6) is 0 Å². The minimum Gasteiger partial charge on any atom is -0.357 e. The summed E-state index contributed by atoms with van der Waals surface area (Å²) in [4.78, 5) is 6.33. The second-order valence-electron chi connectivity index (χ2n) is 5.58. The summed E-state index contributed by atoms with van der Waals surface area (Å²) < 4.78 is 36.3. The first-order valence-electron chi connectivity index (χ1n) is 7.72. The first-order valence-corrected chi connectivity index (χ1v) is 7.72. The van der Waals surface area contributed by atoms with E-state index in [0.29, 0.717) is 19.0 Å². The summed E-state index contributed by atoms with van der Waals surface area (Å²) in [6.07, 6.45) is -2.58. The minimum absolute atomic E-state index is 0. The van der Waals surface area contributed by atoms with Crippen molar-refractivity contribution in [3.05, 3.63) is 0 Å². The van der Waals surface area contributed by atoms with E-state index in [2.05, 4.69) is 27.4 Å². The molecule has 132 valence electrons. The van der Waals surface area contributed by atoms with Gasteiger partial charge in [-0.05, 0) is 38.8 Å². The number of hydrogen-bond donors (Lipinski definition) is 2. The van der Waals surface area contributed by atoms with E-state index in [9.17, 15) is 13.2 Å². The van der Waals surface area contributed by atoms with Crippen molar-refractivity contribution in [2.24, 2.45) is 10.9 Å². The lowest BCUT2D eigenvalue weighted by Gasteiger charge is -2.30. The lowest BCUT2D eigenvalue weighted by molar-refractivity contribution is -0.132. The Morgan fingerprint density at radius 2 is 1.86 bits per heavy atom. The summed E-state index contributed by atoms with van der Waals surface area (Å²) in [6, 6.07) is 0. The molecule has 2 N–H and O–H groups in total. The highest BCUT2D eigenvalue weighted by atomic mass is 127. The Hall–Kier alpha value is -0.250. The maximum atomic E-state index is 12.1. The van der Waals surface area contributed by atoms with Crippen LogP contribution in [-0.2, 0) is 0 Å². The largest absolute Gasteiger partial charge is 0.390 e. The highest BCUT2D eigenvalue weighted by Crippen LogP contribution is 2.18. The Balaban J connectivity index is 0.00000441. The van der Waals surface area contributed by atoms with Crippen LogP contribution in [-0.4, -0.2) is 56.3 Å². The third-order valence-corrected chi connectivity index (χ3v) is 3.61. The smallest absolute Gasteiger partial charge is 0.357 e. The fraction of sp³-hybridized carbons (Fsp3) is 0.929. The molecule has 0 unspecified atom stereocenters. The van der Waals surface area contributed by atoms with E-state index in [4.69, 9.17) is 0 Å². The summed E-state index contributed by atoms with van der Waals surface area (Å²) in [7, 11) is 0. The number of nitrogens with zero attached hydrogens (tertiary/aromatic N) is 2. The molecule has 8 heteroatoms. The second-order valence-corrected chi connectivity index (χ2v) is 5.58. The second kappa shape index (κ2) is 11.3. The van der Waals surface area contributed by atoms with E-state index < -0.39 is 12.6 Å². The molecule has 22 heavy (non-hydrogen) atoms. The highest BCUT2D eigenvalue weighted by molar-refractivity contribution is 14.0. The highest BCUT2D eigenvalue weighted by Gasteiger charge is 2.26. The van der Waals surface area contributed by atoms with Gasteiger partial charge in [0.15, 0.2) is 5.96 Å². The van der Waals surface area contributed by atoms with Gasteiger partial charge in [-0.1, -0.05) is 6.92 Å². The van der Waals surface area contributed by atoms with E-state index >= 15 is 0 Å². The quantitative estimate of drug-likeness (QED) is 0.382. The third kappa shape index (κ3) is 10.5. The Labute approximate surface area is 148 Å². The van der Waals surface area contributed by atoms with E-state index in [0.717, 1.165) is 25.6 Å². The number of guanidine groups is 1. The van der Waals surface area contributed by atoms with Crippen LogP contribution in [0.2, 0.25) is 0 Å². The number of halogens is 4. The first kappa shape index (κ1) is 21.8. The van der Waals surface area contributed by atoms with Crippen LogP contribution in [0, 0.1) is 5.92 Å². The van der Waals surface area contributed by atoms with Gasteiger partial charge in [0, 0.05) is 19.6 Å². The monoisotopic (exact) mass is 436 g/mol. The number of likely N-dealkylation sites (tertiary alicyclic amines) is 1. The standard InChI is InChI=1S/C14H27F3N4.HI/c1-3-18-13(19-7-6-14(15,16)17)20-8-11-21-9-4-12(2)5-10-21;/h12H,3-11H2,1-2H3,(H2,18,19,20);1H. The summed E-state index contributed by atoms with van der Waals surface area (Å²) in [6.45, 7) is 8.37.